The van der Waals surface area contributed by atoms with Gasteiger partial charge >= 0.3 is 0 Å². The van der Waals surface area contributed by atoms with E-state index in [1.54, 1.807) is 0 Å². The summed E-state index contributed by atoms with van der Waals surface area (Å²) in [4.78, 5) is 2.76. The maximum absolute atomic E-state index is 3.74. The summed E-state index contributed by atoms with van der Waals surface area (Å²) in [6, 6.07) is 1.48. The molecule has 2 nitrogen and oxygen atoms in total. The fraction of sp³-hybridized carbons (Fsp3) is 1.00. The van der Waals surface area contributed by atoms with E-state index in [1.807, 2.05) is 0 Å². The first kappa shape index (κ1) is 14.3. The molecule has 0 spiro atoms. The van der Waals surface area contributed by atoms with Gasteiger partial charge in [-0.25, -0.2) is 0 Å². The molecule has 18 heavy (non-hydrogen) atoms. The second-order valence-corrected chi connectivity index (χ2v) is 7.08. The van der Waals surface area contributed by atoms with E-state index in [-0.39, 0.29) is 0 Å². The van der Waals surface area contributed by atoms with Crippen LogP contribution in [0.2, 0.25) is 0 Å². The lowest BCUT2D eigenvalue weighted by atomic mass is 9.69. The Morgan fingerprint density at radius 2 is 2.00 bits per heavy atom. The minimum absolute atomic E-state index is 0.637. The molecule has 3 atom stereocenters. The van der Waals surface area contributed by atoms with E-state index in [9.17, 15) is 0 Å². The average molecular weight is 252 g/mol. The van der Waals surface area contributed by atoms with E-state index in [0.29, 0.717) is 5.41 Å². The molecule has 0 bridgehead atoms. The van der Waals surface area contributed by atoms with Crippen LogP contribution in [0.3, 0.4) is 0 Å². The van der Waals surface area contributed by atoms with E-state index in [1.165, 1.54) is 51.7 Å². The molecule has 0 aromatic carbocycles. The van der Waals surface area contributed by atoms with Crippen molar-refractivity contribution in [2.45, 2.75) is 71.9 Å². The normalized spacial score (nSPS) is 36.3. The summed E-state index contributed by atoms with van der Waals surface area (Å²) in [5.74, 6) is 0.786. The lowest BCUT2D eigenvalue weighted by Gasteiger charge is -2.49. The van der Waals surface area contributed by atoms with E-state index in [4.69, 9.17) is 0 Å². The summed E-state index contributed by atoms with van der Waals surface area (Å²) in [6.07, 6.45) is 6.93. The van der Waals surface area contributed by atoms with Crippen molar-refractivity contribution in [1.82, 2.24) is 10.2 Å². The van der Waals surface area contributed by atoms with Crippen molar-refractivity contribution in [2.24, 2.45) is 11.3 Å². The molecule has 0 radical (unpaired) electrons. The zero-order valence-corrected chi connectivity index (χ0v) is 12.8. The Balaban J connectivity index is 1.85. The van der Waals surface area contributed by atoms with Crippen LogP contribution in [0.25, 0.3) is 0 Å². The number of nitrogens with one attached hydrogen (secondary N) is 1. The van der Waals surface area contributed by atoms with Crippen LogP contribution in [0.4, 0.5) is 0 Å². The molecule has 106 valence electrons. The van der Waals surface area contributed by atoms with Crippen molar-refractivity contribution in [3.63, 3.8) is 0 Å². The van der Waals surface area contributed by atoms with Crippen LogP contribution in [0.5, 0.6) is 0 Å². The van der Waals surface area contributed by atoms with Crippen molar-refractivity contribution in [3.8, 4) is 0 Å². The molecule has 2 fully saturated rings. The fourth-order valence-electron chi connectivity index (χ4n) is 3.71. The van der Waals surface area contributed by atoms with Gasteiger partial charge < -0.3 is 5.32 Å². The van der Waals surface area contributed by atoms with Crippen molar-refractivity contribution in [2.75, 3.05) is 19.6 Å². The topological polar surface area (TPSA) is 15.3 Å². The third kappa shape index (κ3) is 3.08. The lowest BCUT2D eigenvalue weighted by Crippen LogP contribution is -2.56. The van der Waals surface area contributed by atoms with Crippen LogP contribution in [0.15, 0.2) is 0 Å². The molecule has 2 heteroatoms. The van der Waals surface area contributed by atoms with E-state index in [0.717, 1.165) is 18.0 Å². The highest BCUT2D eigenvalue weighted by atomic mass is 15.2. The molecule has 1 aliphatic carbocycles. The Kier molecular flexibility index (Phi) is 4.71. The molecule has 3 unspecified atom stereocenters. The van der Waals surface area contributed by atoms with Crippen molar-refractivity contribution >= 4 is 0 Å². The molecule has 2 aliphatic rings. The second kappa shape index (κ2) is 5.92. The maximum Gasteiger partial charge on any atom is 0.0120 e. The molecule has 1 saturated carbocycles. The third-order valence-corrected chi connectivity index (χ3v) is 5.50. The first-order valence-electron chi connectivity index (χ1n) is 8.03. The van der Waals surface area contributed by atoms with Crippen molar-refractivity contribution < 1.29 is 0 Å². The molecule has 0 amide bonds. The Morgan fingerprint density at radius 1 is 1.28 bits per heavy atom. The summed E-state index contributed by atoms with van der Waals surface area (Å²) in [5, 5.41) is 3.74. The monoisotopic (exact) mass is 252 g/mol. The Morgan fingerprint density at radius 3 is 2.56 bits per heavy atom. The minimum Gasteiger partial charge on any atom is -0.314 e. The van der Waals surface area contributed by atoms with Crippen LogP contribution >= 0.6 is 0 Å². The van der Waals surface area contributed by atoms with Gasteiger partial charge in [0, 0.05) is 18.6 Å². The predicted molar refractivity (Wildman–Crippen MR) is 78.9 cm³/mol. The van der Waals surface area contributed by atoms with Gasteiger partial charge in [0.2, 0.25) is 0 Å². The number of nitrogens with zero attached hydrogens (tertiary/aromatic N) is 1. The largest absolute Gasteiger partial charge is 0.314 e. The Labute approximate surface area is 114 Å². The number of rotatable bonds is 5. The lowest BCUT2D eigenvalue weighted by molar-refractivity contribution is 0.0166. The Hall–Kier alpha value is -0.0800. The molecular weight excluding hydrogens is 220 g/mol. The predicted octanol–water partition coefficient (Wildman–Crippen LogP) is 3.28. The number of hydrogen-bond acceptors (Lipinski definition) is 2. The van der Waals surface area contributed by atoms with Gasteiger partial charge in [-0.2, -0.15) is 0 Å². The highest BCUT2D eigenvalue weighted by Gasteiger charge is 2.38. The van der Waals surface area contributed by atoms with Gasteiger partial charge in [0.1, 0.15) is 0 Å². The maximum atomic E-state index is 3.74. The standard InChI is InChI=1S/C16H32N2/c1-5-10-17-15-7-11-18(14(3)13(15)2)12-16(4)8-6-9-16/h13-15,17H,5-12H2,1-4H3. The average Bonchev–Trinajstić information content (AvgIpc) is 2.32. The van der Waals surface area contributed by atoms with Crippen LogP contribution in [0.1, 0.15) is 59.8 Å². The van der Waals surface area contributed by atoms with Crippen LogP contribution < -0.4 is 5.32 Å². The number of piperidine rings is 1. The zero-order valence-electron chi connectivity index (χ0n) is 12.8. The van der Waals surface area contributed by atoms with E-state index in [2.05, 4.69) is 37.9 Å². The first-order valence-corrected chi connectivity index (χ1v) is 8.03. The van der Waals surface area contributed by atoms with Gasteiger partial charge in [0.25, 0.3) is 0 Å². The second-order valence-electron chi connectivity index (χ2n) is 7.08. The van der Waals surface area contributed by atoms with E-state index >= 15 is 0 Å². The van der Waals surface area contributed by atoms with Gasteiger partial charge in [0.15, 0.2) is 0 Å². The highest BCUT2D eigenvalue weighted by molar-refractivity contribution is 4.93. The number of likely N-dealkylation sites (tertiary alicyclic amines) is 1. The molecule has 0 aromatic heterocycles. The van der Waals surface area contributed by atoms with E-state index < -0.39 is 0 Å². The van der Waals surface area contributed by atoms with Gasteiger partial charge in [0.05, 0.1) is 0 Å². The van der Waals surface area contributed by atoms with Gasteiger partial charge in [-0.05, 0) is 57.0 Å². The fourth-order valence-corrected chi connectivity index (χ4v) is 3.71. The molecule has 1 saturated heterocycles. The van der Waals surface area contributed by atoms with Gasteiger partial charge in [-0.3, -0.25) is 4.90 Å². The summed E-state index contributed by atoms with van der Waals surface area (Å²) in [6.45, 7) is 13.4. The number of hydrogen-bond donors (Lipinski definition) is 1. The quantitative estimate of drug-likeness (QED) is 0.808. The van der Waals surface area contributed by atoms with Gasteiger partial charge in [-0.15, -0.1) is 0 Å². The molecule has 1 heterocycles. The SMILES string of the molecule is CCCNC1CCN(CC2(C)CCC2)C(C)C1C. The van der Waals surface area contributed by atoms with Gasteiger partial charge in [-0.1, -0.05) is 27.2 Å². The van der Waals surface area contributed by atoms with Crippen molar-refractivity contribution in [3.05, 3.63) is 0 Å². The third-order valence-electron chi connectivity index (χ3n) is 5.50. The molecular formula is C16H32N2. The highest BCUT2D eigenvalue weighted by Crippen LogP contribution is 2.42. The molecule has 1 aliphatic heterocycles. The van der Waals surface area contributed by atoms with Crippen LogP contribution in [0, 0.1) is 11.3 Å². The molecule has 1 N–H and O–H groups in total. The minimum atomic E-state index is 0.637. The Bertz CT molecular complexity index is 260. The summed E-state index contributed by atoms with van der Waals surface area (Å²) in [5.41, 5.74) is 0.637. The molecule has 2 rings (SSSR count). The summed E-state index contributed by atoms with van der Waals surface area (Å²) in [7, 11) is 0. The van der Waals surface area contributed by atoms with Crippen LogP contribution in [-0.2, 0) is 0 Å². The smallest absolute Gasteiger partial charge is 0.0120 e. The summed E-state index contributed by atoms with van der Waals surface area (Å²) < 4.78 is 0. The van der Waals surface area contributed by atoms with Crippen LogP contribution in [-0.4, -0.2) is 36.6 Å². The molecule has 0 aromatic rings. The zero-order chi connectivity index (χ0) is 13.2. The summed E-state index contributed by atoms with van der Waals surface area (Å²) >= 11 is 0. The first-order chi connectivity index (χ1) is 8.56. The van der Waals surface area contributed by atoms with Crippen molar-refractivity contribution in [1.29, 1.82) is 0 Å².